The second-order valence-corrected chi connectivity index (χ2v) is 19.9. The molecule has 0 amide bonds. The van der Waals surface area contributed by atoms with E-state index in [4.69, 9.17) is 24.9 Å². The summed E-state index contributed by atoms with van der Waals surface area (Å²) in [6, 6.07) is 66.8. The van der Waals surface area contributed by atoms with Gasteiger partial charge in [0.25, 0.3) is 0 Å². The highest BCUT2D eigenvalue weighted by Crippen LogP contribution is 2.46. The lowest BCUT2D eigenvalue weighted by molar-refractivity contribution is 0.741. The Morgan fingerprint density at radius 2 is 1.05 bits per heavy atom. The van der Waals surface area contributed by atoms with Gasteiger partial charge in [-0.2, -0.15) is 15.0 Å². The van der Waals surface area contributed by atoms with Gasteiger partial charge in [-0.15, -0.1) is 0 Å². The van der Waals surface area contributed by atoms with E-state index in [9.17, 15) is 0 Å². The number of anilines is 3. The monoisotopic (exact) mass is 827 g/mol. The lowest BCUT2D eigenvalue weighted by atomic mass is 10.0. The fourth-order valence-electron chi connectivity index (χ4n) is 10.0. The topological polar surface area (TPSA) is 79.7 Å². The van der Waals surface area contributed by atoms with E-state index < -0.39 is 8.07 Å². The highest BCUT2D eigenvalue weighted by molar-refractivity contribution is 7.20. The lowest BCUT2D eigenvalue weighted by Crippen LogP contribution is -2.74. The van der Waals surface area contributed by atoms with Crippen molar-refractivity contribution in [1.29, 1.82) is 0 Å². The Kier molecular flexibility index (Phi) is 7.85. The lowest BCUT2D eigenvalue weighted by Gasteiger charge is -2.35. The normalized spacial score (nSPS) is 16.5. The Morgan fingerprint density at radius 1 is 0.460 bits per heavy atom. The van der Waals surface area contributed by atoms with Crippen LogP contribution in [0.15, 0.2) is 217 Å². The Hall–Kier alpha value is -8.21. The van der Waals surface area contributed by atoms with Crippen molar-refractivity contribution in [2.45, 2.75) is 12.1 Å². The molecule has 0 bridgehead atoms. The van der Waals surface area contributed by atoms with E-state index in [1.807, 2.05) is 48.5 Å². The van der Waals surface area contributed by atoms with Crippen LogP contribution in [0.4, 0.5) is 17.3 Å². The first-order chi connectivity index (χ1) is 31.3. The van der Waals surface area contributed by atoms with Crippen molar-refractivity contribution >= 4 is 79.9 Å². The third-order valence-corrected chi connectivity index (χ3v) is 17.5. The number of para-hydroxylation sites is 4. The van der Waals surface area contributed by atoms with Gasteiger partial charge in [0.1, 0.15) is 0 Å². The number of nitrogens with zero attached hydrogens (tertiary/aromatic N) is 9. The van der Waals surface area contributed by atoms with E-state index >= 15 is 0 Å². The number of allylic oxidation sites excluding steroid dienone is 2. The average Bonchev–Trinajstić information content (AvgIpc) is 4.09. The molecule has 3 aliphatic rings. The van der Waals surface area contributed by atoms with Crippen molar-refractivity contribution in [3.63, 3.8) is 0 Å². The molecule has 63 heavy (non-hydrogen) atoms. The molecule has 2 aliphatic heterocycles. The van der Waals surface area contributed by atoms with Gasteiger partial charge in [0.15, 0.2) is 13.9 Å². The van der Waals surface area contributed by atoms with Crippen molar-refractivity contribution in [1.82, 2.24) is 28.9 Å². The summed E-state index contributed by atoms with van der Waals surface area (Å²) in [5.41, 5.74) is 6.78. The third-order valence-electron chi connectivity index (χ3n) is 12.7. The van der Waals surface area contributed by atoms with Gasteiger partial charge in [-0.25, -0.2) is 19.4 Å². The van der Waals surface area contributed by atoms with Crippen LogP contribution in [0, 0.1) is 0 Å². The standard InChI is InChI=1S/C53H37N9Si/c1-5-19-36(20-6-1)49-56-50(61-46-32-18-17-31-45(46)59-43-29-15-13-27-41(43)54-52(59)61)58-51(57-49)62-47-34-33-40(35-48(47)60-44-30-16-14-28-42(44)55-53(60)62)63(37-21-7-2-8-22-37,38-23-9-3-10-24-38)39-25-11-4-12-26-39/h1-35,42,44H. The zero-order valence-electron chi connectivity index (χ0n) is 33.9. The quantitative estimate of drug-likeness (QED) is 0.120. The smallest absolute Gasteiger partial charge is 0.242 e. The molecule has 10 aromatic rings. The Labute approximate surface area is 364 Å². The Balaban J connectivity index is 1.08. The first-order valence-corrected chi connectivity index (χ1v) is 23.3. The summed E-state index contributed by atoms with van der Waals surface area (Å²) in [5.74, 6) is 3.01. The third kappa shape index (κ3) is 5.25. The molecular formula is C53H37N9Si. The second-order valence-electron chi connectivity index (χ2n) is 16.1. The number of imidazole rings is 2. The molecule has 0 saturated carbocycles. The molecule has 13 rings (SSSR count). The Bertz CT molecular complexity index is 3390. The number of hydrogen-bond donors (Lipinski definition) is 0. The van der Waals surface area contributed by atoms with E-state index in [1.165, 1.54) is 20.7 Å². The van der Waals surface area contributed by atoms with Gasteiger partial charge in [-0.1, -0.05) is 176 Å². The van der Waals surface area contributed by atoms with E-state index in [-0.39, 0.29) is 12.1 Å². The summed E-state index contributed by atoms with van der Waals surface area (Å²) in [4.78, 5) is 31.1. The molecule has 2 atom stereocenters. The molecule has 10 heteroatoms. The van der Waals surface area contributed by atoms with E-state index in [0.717, 1.165) is 50.7 Å². The van der Waals surface area contributed by atoms with Crippen molar-refractivity contribution in [2.24, 2.45) is 4.99 Å². The molecule has 7 aromatic carbocycles. The predicted octanol–water partition coefficient (Wildman–Crippen LogP) is 7.85. The summed E-state index contributed by atoms with van der Waals surface area (Å²) in [5, 5.41) is 5.23. The molecule has 0 radical (unpaired) electrons. The van der Waals surface area contributed by atoms with Crippen LogP contribution in [0.1, 0.15) is 0 Å². The number of aromatic nitrogens is 6. The van der Waals surface area contributed by atoms with Gasteiger partial charge in [-0.05, 0) is 57.1 Å². The molecule has 1 aliphatic carbocycles. The number of rotatable bonds is 7. The van der Waals surface area contributed by atoms with Gasteiger partial charge < -0.3 is 4.90 Å². The first kappa shape index (κ1) is 35.5. The van der Waals surface area contributed by atoms with Crippen LogP contribution >= 0.6 is 0 Å². The molecule has 0 N–H and O–H groups in total. The summed E-state index contributed by atoms with van der Waals surface area (Å²) in [6.07, 6.45) is 8.68. The van der Waals surface area contributed by atoms with Crippen LogP contribution in [0.25, 0.3) is 45.2 Å². The van der Waals surface area contributed by atoms with Crippen LogP contribution in [0.5, 0.6) is 0 Å². The summed E-state index contributed by atoms with van der Waals surface area (Å²) in [7, 11) is -2.87. The molecule has 0 fully saturated rings. The minimum Gasteiger partial charge on any atom is -0.300 e. The van der Waals surface area contributed by atoms with Crippen LogP contribution in [0.2, 0.25) is 0 Å². The van der Waals surface area contributed by atoms with Crippen molar-refractivity contribution in [2.75, 3.05) is 9.80 Å². The first-order valence-electron chi connectivity index (χ1n) is 21.3. The van der Waals surface area contributed by atoms with Crippen molar-refractivity contribution in [3.05, 3.63) is 212 Å². The number of guanidine groups is 1. The van der Waals surface area contributed by atoms with Crippen LogP contribution < -0.4 is 30.5 Å². The van der Waals surface area contributed by atoms with E-state index in [2.05, 4.69) is 183 Å². The molecule has 2 unspecified atom stereocenters. The molecule has 5 heterocycles. The van der Waals surface area contributed by atoms with Gasteiger partial charge in [0.05, 0.1) is 45.5 Å². The molecule has 3 aromatic heterocycles. The zero-order valence-corrected chi connectivity index (χ0v) is 34.9. The van der Waals surface area contributed by atoms with E-state index in [0.29, 0.717) is 17.7 Å². The molecular weight excluding hydrogens is 791 g/mol. The van der Waals surface area contributed by atoms with Gasteiger partial charge in [0.2, 0.25) is 23.6 Å². The maximum Gasteiger partial charge on any atom is 0.242 e. The number of aliphatic imine (C=N–C) groups is 1. The number of hydrogen-bond acceptors (Lipinski definition) is 7. The summed E-state index contributed by atoms with van der Waals surface area (Å²) < 4.78 is 4.25. The fraction of sp³-hybridized carbons (Fsp3) is 0.0377. The molecule has 0 saturated heterocycles. The molecule has 9 nitrogen and oxygen atoms in total. The van der Waals surface area contributed by atoms with Gasteiger partial charge in [0, 0.05) is 5.56 Å². The number of fused-ring (bicyclic) bond motifs is 10. The molecule has 298 valence electrons. The van der Waals surface area contributed by atoms with Crippen LogP contribution in [-0.2, 0) is 0 Å². The summed E-state index contributed by atoms with van der Waals surface area (Å²) in [6.45, 7) is 0. The maximum absolute atomic E-state index is 5.45. The summed E-state index contributed by atoms with van der Waals surface area (Å²) >= 11 is 0. The maximum atomic E-state index is 5.45. The predicted molar refractivity (Wildman–Crippen MR) is 256 cm³/mol. The SMILES string of the molecule is C1=CC2N=C3N(c4nc(-c5ccccc5)nc(-n5c6ccccc6n6c7ccccc7nc56)n4)c4ccc([Si](c5ccccc5)(c5ccccc5)c5ccccc5)cc4N3C2C=C1. The second kappa shape index (κ2) is 13.9. The Morgan fingerprint density at radius 3 is 1.75 bits per heavy atom. The zero-order chi connectivity index (χ0) is 41.5. The van der Waals surface area contributed by atoms with E-state index in [1.54, 1.807) is 0 Å². The average molecular weight is 828 g/mol. The molecule has 0 spiro atoms. The minimum atomic E-state index is -2.87. The van der Waals surface area contributed by atoms with Crippen LogP contribution in [-0.4, -0.2) is 55.0 Å². The van der Waals surface area contributed by atoms with Gasteiger partial charge >= 0.3 is 0 Å². The highest BCUT2D eigenvalue weighted by atomic mass is 28.3. The van der Waals surface area contributed by atoms with Gasteiger partial charge in [-0.3, -0.25) is 4.40 Å². The number of benzene rings is 7. The minimum absolute atomic E-state index is 0.0227. The van der Waals surface area contributed by atoms with Crippen molar-refractivity contribution in [3.8, 4) is 17.3 Å². The fourth-order valence-corrected chi connectivity index (χ4v) is 14.8. The highest BCUT2D eigenvalue weighted by Gasteiger charge is 2.48. The van der Waals surface area contributed by atoms with Crippen molar-refractivity contribution < 1.29 is 0 Å². The van der Waals surface area contributed by atoms with Crippen LogP contribution in [0.3, 0.4) is 0 Å². The largest absolute Gasteiger partial charge is 0.300 e.